The first kappa shape index (κ1) is 22.1. The number of hydrogen-bond donors (Lipinski definition) is 1. The summed E-state index contributed by atoms with van der Waals surface area (Å²) in [6.07, 6.45) is 9.73. The van der Waals surface area contributed by atoms with Crippen LogP contribution in [0.15, 0.2) is 0 Å². The minimum Gasteiger partial charge on any atom is -0.302 e. The van der Waals surface area contributed by atoms with Crippen LogP contribution in [0.4, 0.5) is 0 Å². The first-order valence-corrected chi connectivity index (χ1v) is 10.6. The van der Waals surface area contributed by atoms with Gasteiger partial charge in [-0.25, -0.2) is 4.57 Å². The van der Waals surface area contributed by atoms with Crippen LogP contribution in [0.5, 0.6) is 0 Å². The Morgan fingerprint density at radius 3 is 1.77 bits per heavy atom. The fraction of sp³-hybridized carbons (Fsp3) is 1.00. The van der Waals surface area contributed by atoms with E-state index in [2.05, 4.69) is 27.7 Å². The molecule has 0 saturated carbocycles. The van der Waals surface area contributed by atoms with Crippen LogP contribution in [0.1, 0.15) is 85.5 Å². The fourth-order valence-electron chi connectivity index (χ4n) is 2.55. The summed E-state index contributed by atoms with van der Waals surface area (Å²) in [5.74, 6) is 0.701. The summed E-state index contributed by atoms with van der Waals surface area (Å²) in [4.78, 5) is 9.84. The summed E-state index contributed by atoms with van der Waals surface area (Å²) in [5, 5.41) is 0. The highest BCUT2D eigenvalue weighted by molar-refractivity contribution is 7.47. The Kier molecular flexibility index (Phi) is 13.6. The van der Waals surface area contributed by atoms with Gasteiger partial charge in [-0.05, 0) is 31.1 Å². The van der Waals surface area contributed by atoms with Crippen LogP contribution in [0.3, 0.4) is 0 Å². The first-order chi connectivity index (χ1) is 10.5. The van der Waals surface area contributed by atoms with E-state index in [0.717, 1.165) is 57.8 Å². The van der Waals surface area contributed by atoms with E-state index in [0.29, 0.717) is 25.0 Å². The molecule has 0 bridgehead atoms. The van der Waals surface area contributed by atoms with Gasteiger partial charge in [-0.2, -0.15) is 0 Å². The number of phosphoric ester groups is 1. The standard InChI is InChI=1S/C17H37O4P/c1-5-9-12-16(8-4)14-20-22(18,19)21-15-17(11-7-3)13-10-6-2/h16-17H,5-15H2,1-4H3,(H,18,19). The van der Waals surface area contributed by atoms with Crippen molar-refractivity contribution in [2.75, 3.05) is 13.2 Å². The van der Waals surface area contributed by atoms with E-state index in [1.165, 1.54) is 0 Å². The van der Waals surface area contributed by atoms with Crippen molar-refractivity contribution in [2.45, 2.75) is 85.5 Å². The molecule has 5 heteroatoms. The van der Waals surface area contributed by atoms with Crippen LogP contribution in [-0.4, -0.2) is 18.1 Å². The van der Waals surface area contributed by atoms with Crippen LogP contribution in [-0.2, 0) is 13.6 Å². The Hall–Kier alpha value is 0.110. The predicted octanol–water partition coefficient (Wildman–Crippen LogP) is 5.94. The predicted molar refractivity (Wildman–Crippen MR) is 93.0 cm³/mol. The SMILES string of the molecule is CCCCC(CC)COP(=O)(O)OCC(CCC)CCCC. The maximum Gasteiger partial charge on any atom is 0.472 e. The Bertz CT molecular complexity index is 296. The molecule has 22 heavy (non-hydrogen) atoms. The molecule has 1 N–H and O–H groups in total. The average Bonchev–Trinajstić information content (AvgIpc) is 2.50. The lowest BCUT2D eigenvalue weighted by atomic mass is 9.98. The Morgan fingerprint density at radius 2 is 1.32 bits per heavy atom. The van der Waals surface area contributed by atoms with E-state index < -0.39 is 7.82 Å². The van der Waals surface area contributed by atoms with Gasteiger partial charge in [0.05, 0.1) is 13.2 Å². The van der Waals surface area contributed by atoms with Crippen molar-refractivity contribution in [2.24, 2.45) is 11.8 Å². The van der Waals surface area contributed by atoms with Gasteiger partial charge >= 0.3 is 7.82 Å². The molecule has 0 aliphatic rings. The van der Waals surface area contributed by atoms with Gasteiger partial charge in [0.1, 0.15) is 0 Å². The molecular formula is C17H37O4P. The molecule has 0 heterocycles. The van der Waals surface area contributed by atoms with E-state index in [9.17, 15) is 9.46 Å². The fourth-order valence-corrected chi connectivity index (χ4v) is 3.42. The van der Waals surface area contributed by atoms with Gasteiger partial charge in [0.2, 0.25) is 0 Å². The lowest BCUT2D eigenvalue weighted by molar-refractivity contribution is 0.109. The smallest absolute Gasteiger partial charge is 0.302 e. The minimum absolute atomic E-state index is 0.317. The lowest BCUT2D eigenvalue weighted by Crippen LogP contribution is -2.12. The van der Waals surface area contributed by atoms with Gasteiger partial charge in [-0.15, -0.1) is 0 Å². The van der Waals surface area contributed by atoms with E-state index in [4.69, 9.17) is 9.05 Å². The molecule has 0 rings (SSSR count). The summed E-state index contributed by atoms with van der Waals surface area (Å²) < 4.78 is 22.4. The van der Waals surface area contributed by atoms with Gasteiger partial charge in [-0.3, -0.25) is 9.05 Å². The van der Waals surface area contributed by atoms with Crippen molar-refractivity contribution in [3.63, 3.8) is 0 Å². The second-order valence-corrected chi connectivity index (χ2v) is 7.73. The summed E-state index contributed by atoms with van der Waals surface area (Å²) in [6.45, 7) is 9.18. The van der Waals surface area contributed by atoms with Crippen molar-refractivity contribution >= 4 is 7.82 Å². The topological polar surface area (TPSA) is 55.8 Å². The van der Waals surface area contributed by atoms with Gasteiger partial charge in [0.15, 0.2) is 0 Å². The van der Waals surface area contributed by atoms with E-state index in [1.807, 2.05) is 0 Å². The monoisotopic (exact) mass is 336 g/mol. The van der Waals surface area contributed by atoms with Crippen LogP contribution < -0.4 is 0 Å². The normalized spacial score (nSPS) is 17.1. The number of rotatable bonds is 15. The van der Waals surface area contributed by atoms with Crippen molar-refractivity contribution < 1.29 is 18.5 Å². The molecule has 0 saturated heterocycles. The average molecular weight is 336 g/mol. The number of phosphoric acid groups is 1. The molecule has 4 nitrogen and oxygen atoms in total. The molecule has 0 aliphatic carbocycles. The zero-order chi connectivity index (χ0) is 16.8. The second-order valence-electron chi connectivity index (χ2n) is 6.27. The Labute approximate surface area is 137 Å². The third-order valence-electron chi connectivity index (χ3n) is 4.15. The highest BCUT2D eigenvalue weighted by Crippen LogP contribution is 2.44. The molecule has 0 spiro atoms. The first-order valence-electron chi connectivity index (χ1n) is 9.10. The van der Waals surface area contributed by atoms with Gasteiger partial charge in [-0.1, -0.05) is 66.2 Å². The van der Waals surface area contributed by atoms with Crippen molar-refractivity contribution in [1.29, 1.82) is 0 Å². The van der Waals surface area contributed by atoms with Crippen LogP contribution >= 0.6 is 7.82 Å². The highest BCUT2D eigenvalue weighted by atomic mass is 31.2. The van der Waals surface area contributed by atoms with Crippen LogP contribution in [0.2, 0.25) is 0 Å². The van der Waals surface area contributed by atoms with E-state index >= 15 is 0 Å². The molecule has 0 radical (unpaired) electrons. The van der Waals surface area contributed by atoms with E-state index in [1.54, 1.807) is 0 Å². The van der Waals surface area contributed by atoms with Gasteiger partial charge in [0, 0.05) is 0 Å². The van der Waals surface area contributed by atoms with Crippen molar-refractivity contribution in [3.05, 3.63) is 0 Å². The largest absolute Gasteiger partial charge is 0.472 e. The lowest BCUT2D eigenvalue weighted by Gasteiger charge is -2.20. The minimum atomic E-state index is -3.90. The third-order valence-corrected chi connectivity index (χ3v) is 5.10. The van der Waals surface area contributed by atoms with Gasteiger partial charge in [0.25, 0.3) is 0 Å². The zero-order valence-electron chi connectivity index (χ0n) is 15.1. The highest BCUT2D eigenvalue weighted by Gasteiger charge is 2.24. The quantitative estimate of drug-likeness (QED) is 0.376. The summed E-state index contributed by atoms with van der Waals surface area (Å²) in [5.41, 5.74) is 0. The molecule has 0 aromatic heterocycles. The third kappa shape index (κ3) is 11.6. The van der Waals surface area contributed by atoms with Crippen molar-refractivity contribution in [1.82, 2.24) is 0 Å². The molecule has 0 amide bonds. The number of unbranched alkanes of at least 4 members (excludes halogenated alkanes) is 2. The maximum atomic E-state index is 12.0. The second kappa shape index (κ2) is 13.5. The summed E-state index contributed by atoms with van der Waals surface area (Å²) in [7, 11) is -3.90. The molecule has 134 valence electrons. The molecule has 3 unspecified atom stereocenters. The molecule has 0 aliphatic heterocycles. The summed E-state index contributed by atoms with van der Waals surface area (Å²) >= 11 is 0. The molecule has 0 fully saturated rings. The van der Waals surface area contributed by atoms with Crippen LogP contribution in [0.25, 0.3) is 0 Å². The summed E-state index contributed by atoms with van der Waals surface area (Å²) in [6, 6.07) is 0. The zero-order valence-corrected chi connectivity index (χ0v) is 15.9. The van der Waals surface area contributed by atoms with E-state index in [-0.39, 0.29) is 0 Å². The maximum absolute atomic E-state index is 12.0. The molecule has 0 aromatic rings. The molecule has 0 aromatic carbocycles. The molecular weight excluding hydrogens is 299 g/mol. The van der Waals surface area contributed by atoms with Crippen LogP contribution in [0, 0.1) is 11.8 Å². The Balaban J connectivity index is 4.16. The molecule has 3 atom stereocenters. The Morgan fingerprint density at radius 1 is 0.818 bits per heavy atom. The van der Waals surface area contributed by atoms with Gasteiger partial charge < -0.3 is 4.89 Å². The number of hydrogen-bond acceptors (Lipinski definition) is 3. The van der Waals surface area contributed by atoms with Crippen molar-refractivity contribution in [3.8, 4) is 0 Å².